The van der Waals surface area contributed by atoms with Crippen molar-refractivity contribution >= 4 is 17.5 Å². The van der Waals surface area contributed by atoms with Gasteiger partial charge in [-0.3, -0.25) is 9.59 Å². The molecule has 1 aromatic heterocycles. The van der Waals surface area contributed by atoms with Crippen molar-refractivity contribution in [1.29, 1.82) is 5.26 Å². The second-order valence-corrected chi connectivity index (χ2v) is 4.55. The number of nitrogens with one attached hydrogen (secondary N) is 2. The summed E-state index contributed by atoms with van der Waals surface area (Å²) < 4.78 is 0. The zero-order valence-electron chi connectivity index (χ0n) is 12.2. The van der Waals surface area contributed by atoms with Gasteiger partial charge in [-0.1, -0.05) is 18.2 Å². The first-order chi connectivity index (χ1) is 11.1. The highest BCUT2D eigenvalue weighted by atomic mass is 16.2. The Morgan fingerprint density at radius 3 is 2.57 bits per heavy atom. The van der Waals surface area contributed by atoms with Gasteiger partial charge in [-0.15, -0.1) is 6.58 Å². The largest absolute Gasteiger partial charge is 0.347 e. The van der Waals surface area contributed by atoms with E-state index >= 15 is 0 Å². The number of nitriles is 1. The van der Waals surface area contributed by atoms with Crippen molar-refractivity contribution in [1.82, 2.24) is 10.3 Å². The minimum absolute atomic E-state index is 0.110. The van der Waals surface area contributed by atoms with E-state index in [1.807, 2.05) is 6.07 Å². The second kappa shape index (κ2) is 7.52. The minimum Gasteiger partial charge on any atom is -0.347 e. The molecular weight excluding hydrogens is 292 g/mol. The number of anilines is 1. The Kier molecular flexibility index (Phi) is 5.21. The van der Waals surface area contributed by atoms with Crippen LogP contribution in [0.5, 0.6) is 0 Å². The Hall–Kier alpha value is -3.46. The van der Waals surface area contributed by atoms with Gasteiger partial charge in [0.05, 0.1) is 11.6 Å². The molecule has 2 rings (SSSR count). The molecule has 114 valence electrons. The van der Waals surface area contributed by atoms with Gasteiger partial charge in [0, 0.05) is 12.2 Å². The smallest absolute Gasteiger partial charge is 0.274 e. The lowest BCUT2D eigenvalue weighted by atomic mass is 10.2. The van der Waals surface area contributed by atoms with Crippen LogP contribution in [0.3, 0.4) is 0 Å². The van der Waals surface area contributed by atoms with Gasteiger partial charge in [-0.05, 0) is 30.3 Å². The lowest BCUT2D eigenvalue weighted by molar-refractivity contribution is 0.0953. The van der Waals surface area contributed by atoms with Crippen molar-refractivity contribution in [2.75, 3.05) is 11.9 Å². The number of rotatable bonds is 5. The van der Waals surface area contributed by atoms with Crippen LogP contribution in [-0.2, 0) is 0 Å². The summed E-state index contributed by atoms with van der Waals surface area (Å²) in [5.74, 6) is -0.843. The highest BCUT2D eigenvalue weighted by Crippen LogP contribution is 2.11. The summed E-state index contributed by atoms with van der Waals surface area (Å²) in [5, 5.41) is 14.1. The average Bonchev–Trinajstić information content (AvgIpc) is 2.59. The lowest BCUT2D eigenvalue weighted by Gasteiger charge is -2.06. The summed E-state index contributed by atoms with van der Waals surface area (Å²) >= 11 is 0. The molecule has 0 saturated carbocycles. The highest BCUT2D eigenvalue weighted by Gasteiger charge is 2.12. The van der Waals surface area contributed by atoms with E-state index in [4.69, 9.17) is 5.26 Å². The van der Waals surface area contributed by atoms with E-state index in [1.165, 1.54) is 12.1 Å². The number of carbonyl (C=O) groups excluding carboxylic acids is 2. The Morgan fingerprint density at radius 2 is 1.87 bits per heavy atom. The van der Waals surface area contributed by atoms with E-state index in [0.29, 0.717) is 17.8 Å². The molecule has 2 amide bonds. The molecule has 0 atom stereocenters. The molecule has 2 N–H and O–H groups in total. The topological polar surface area (TPSA) is 94.9 Å². The summed E-state index contributed by atoms with van der Waals surface area (Å²) in [4.78, 5) is 28.1. The van der Waals surface area contributed by atoms with Gasteiger partial charge < -0.3 is 10.6 Å². The standard InChI is InChI=1S/C17H14N4O2/c1-2-9-19-16(22)14-7-4-8-15(21-14)17(23)20-13-6-3-5-12(10-13)11-18/h2-8,10H,1,9H2,(H,19,22)(H,20,23). The van der Waals surface area contributed by atoms with Crippen LogP contribution >= 0.6 is 0 Å². The third-order valence-corrected chi connectivity index (χ3v) is 2.87. The molecule has 23 heavy (non-hydrogen) atoms. The predicted octanol–water partition coefficient (Wildman–Crippen LogP) is 2.12. The number of benzene rings is 1. The van der Waals surface area contributed by atoms with E-state index in [0.717, 1.165) is 0 Å². The Balaban J connectivity index is 2.14. The van der Waals surface area contributed by atoms with E-state index < -0.39 is 5.91 Å². The van der Waals surface area contributed by atoms with Gasteiger partial charge in [0.25, 0.3) is 11.8 Å². The number of carbonyl (C=O) groups is 2. The molecule has 6 nitrogen and oxygen atoms in total. The average molecular weight is 306 g/mol. The highest BCUT2D eigenvalue weighted by molar-refractivity contribution is 6.03. The summed E-state index contributed by atoms with van der Waals surface area (Å²) in [5.41, 5.74) is 1.18. The molecule has 0 saturated heterocycles. The van der Waals surface area contributed by atoms with Crippen molar-refractivity contribution in [3.8, 4) is 6.07 Å². The Labute approximate surface area is 133 Å². The quantitative estimate of drug-likeness (QED) is 0.827. The zero-order valence-corrected chi connectivity index (χ0v) is 12.2. The number of hydrogen-bond acceptors (Lipinski definition) is 4. The van der Waals surface area contributed by atoms with Crippen molar-refractivity contribution in [3.63, 3.8) is 0 Å². The maximum absolute atomic E-state index is 12.2. The molecule has 0 radical (unpaired) electrons. The molecule has 0 spiro atoms. The molecule has 0 unspecified atom stereocenters. The lowest BCUT2D eigenvalue weighted by Crippen LogP contribution is -2.25. The maximum Gasteiger partial charge on any atom is 0.274 e. The third kappa shape index (κ3) is 4.25. The predicted molar refractivity (Wildman–Crippen MR) is 85.9 cm³/mol. The Bertz CT molecular complexity index is 793. The zero-order chi connectivity index (χ0) is 16.7. The van der Waals surface area contributed by atoms with Gasteiger partial charge in [0.15, 0.2) is 0 Å². The van der Waals surface area contributed by atoms with Crippen LogP contribution in [0.15, 0.2) is 55.1 Å². The Morgan fingerprint density at radius 1 is 1.17 bits per heavy atom. The fourth-order valence-electron chi connectivity index (χ4n) is 1.80. The monoisotopic (exact) mass is 306 g/mol. The fraction of sp³-hybridized carbons (Fsp3) is 0.0588. The van der Waals surface area contributed by atoms with Crippen LogP contribution in [-0.4, -0.2) is 23.3 Å². The van der Waals surface area contributed by atoms with Gasteiger partial charge in [0.1, 0.15) is 11.4 Å². The second-order valence-electron chi connectivity index (χ2n) is 4.55. The third-order valence-electron chi connectivity index (χ3n) is 2.87. The summed E-state index contributed by atoms with van der Waals surface area (Å²) in [6, 6.07) is 13.1. The number of aromatic nitrogens is 1. The molecule has 0 fully saturated rings. The molecule has 0 aliphatic rings. The molecular formula is C17H14N4O2. The van der Waals surface area contributed by atoms with E-state index in [2.05, 4.69) is 22.2 Å². The maximum atomic E-state index is 12.2. The van der Waals surface area contributed by atoms with Crippen molar-refractivity contribution in [2.24, 2.45) is 0 Å². The normalized spacial score (nSPS) is 9.52. The number of pyridine rings is 1. The summed E-state index contributed by atoms with van der Waals surface area (Å²) in [6.45, 7) is 3.83. The first-order valence-corrected chi connectivity index (χ1v) is 6.81. The molecule has 0 bridgehead atoms. The molecule has 0 aliphatic heterocycles. The molecule has 1 aromatic carbocycles. The van der Waals surface area contributed by atoms with Crippen LogP contribution in [0.25, 0.3) is 0 Å². The number of amides is 2. The first-order valence-electron chi connectivity index (χ1n) is 6.81. The number of nitrogens with zero attached hydrogens (tertiary/aromatic N) is 2. The molecule has 1 heterocycles. The van der Waals surface area contributed by atoms with Crippen LogP contribution < -0.4 is 10.6 Å². The van der Waals surface area contributed by atoms with E-state index in [-0.39, 0.29) is 17.3 Å². The van der Waals surface area contributed by atoms with Gasteiger partial charge in [0.2, 0.25) is 0 Å². The molecule has 6 heteroatoms. The van der Waals surface area contributed by atoms with E-state index in [9.17, 15) is 9.59 Å². The molecule has 2 aromatic rings. The SMILES string of the molecule is C=CCNC(=O)c1cccc(C(=O)Nc2cccc(C#N)c2)n1. The summed E-state index contributed by atoms with van der Waals surface area (Å²) in [6.07, 6.45) is 1.55. The van der Waals surface area contributed by atoms with Crippen LogP contribution in [0.4, 0.5) is 5.69 Å². The molecule has 0 aliphatic carbocycles. The van der Waals surface area contributed by atoms with Gasteiger partial charge >= 0.3 is 0 Å². The fourth-order valence-corrected chi connectivity index (χ4v) is 1.80. The van der Waals surface area contributed by atoms with Crippen LogP contribution in [0, 0.1) is 11.3 Å². The first kappa shape index (κ1) is 15.9. The van der Waals surface area contributed by atoms with Crippen molar-refractivity contribution in [3.05, 3.63) is 72.1 Å². The number of hydrogen-bond donors (Lipinski definition) is 2. The van der Waals surface area contributed by atoms with Crippen molar-refractivity contribution in [2.45, 2.75) is 0 Å². The van der Waals surface area contributed by atoms with Crippen LogP contribution in [0.1, 0.15) is 26.5 Å². The minimum atomic E-state index is -0.460. The van der Waals surface area contributed by atoms with Crippen LogP contribution in [0.2, 0.25) is 0 Å². The van der Waals surface area contributed by atoms with E-state index in [1.54, 1.807) is 36.4 Å². The van der Waals surface area contributed by atoms with Gasteiger partial charge in [-0.2, -0.15) is 5.26 Å². The summed E-state index contributed by atoms with van der Waals surface area (Å²) in [7, 11) is 0. The van der Waals surface area contributed by atoms with Gasteiger partial charge in [-0.25, -0.2) is 4.98 Å². The van der Waals surface area contributed by atoms with Crippen molar-refractivity contribution < 1.29 is 9.59 Å².